The molecule has 1 N–H and O–H groups in total. The molecule has 0 spiro atoms. The van der Waals surface area contributed by atoms with Crippen LogP contribution in [0.15, 0.2) is 36.4 Å². The van der Waals surface area contributed by atoms with Crippen molar-refractivity contribution in [2.75, 3.05) is 42.9 Å². The van der Waals surface area contributed by atoms with Crippen molar-refractivity contribution in [3.05, 3.63) is 58.9 Å². The number of nitrogens with one attached hydrogen (secondary N) is 1. The zero-order valence-corrected chi connectivity index (χ0v) is 15.7. The summed E-state index contributed by atoms with van der Waals surface area (Å²) in [6.07, 6.45) is 0. The Balaban J connectivity index is 1.52. The highest BCUT2D eigenvalue weighted by Gasteiger charge is 2.21. The quantitative estimate of drug-likeness (QED) is 0.912. The van der Waals surface area contributed by atoms with Crippen LogP contribution in [0.25, 0.3) is 0 Å². The zero-order chi connectivity index (χ0) is 18.7. The molecule has 1 aliphatic rings. The summed E-state index contributed by atoms with van der Waals surface area (Å²) in [5.74, 6) is -0.156. The summed E-state index contributed by atoms with van der Waals surface area (Å²) in [4.78, 5) is 16.5. The molecule has 1 saturated heterocycles. The minimum absolute atomic E-state index is 0.0107. The van der Waals surface area contributed by atoms with Crippen LogP contribution in [0.2, 0.25) is 0 Å². The summed E-state index contributed by atoms with van der Waals surface area (Å²) in [5.41, 5.74) is 4.53. The normalized spacial score (nSPS) is 15.2. The lowest BCUT2D eigenvalue weighted by molar-refractivity contribution is -0.117. The summed E-state index contributed by atoms with van der Waals surface area (Å²) in [7, 11) is 0. The Kier molecular flexibility index (Phi) is 5.57. The third kappa shape index (κ3) is 4.22. The number of hydrogen-bond acceptors (Lipinski definition) is 3. The largest absolute Gasteiger partial charge is 0.367 e. The Hall–Kier alpha value is -2.40. The lowest BCUT2D eigenvalue weighted by Gasteiger charge is -2.36. The summed E-state index contributed by atoms with van der Waals surface area (Å²) >= 11 is 0. The van der Waals surface area contributed by atoms with Crippen LogP contribution >= 0.6 is 0 Å². The number of amides is 1. The van der Waals surface area contributed by atoms with Crippen LogP contribution in [0.5, 0.6) is 0 Å². The van der Waals surface area contributed by atoms with Crippen LogP contribution < -0.4 is 10.2 Å². The van der Waals surface area contributed by atoms with Crippen LogP contribution in [0, 0.1) is 26.6 Å². The first-order valence-corrected chi connectivity index (χ1v) is 9.03. The van der Waals surface area contributed by atoms with Gasteiger partial charge in [-0.05, 0) is 55.7 Å². The number of piperazine rings is 1. The Morgan fingerprint density at radius 2 is 1.73 bits per heavy atom. The predicted octanol–water partition coefficient (Wildman–Crippen LogP) is 3.51. The molecule has 26 heavy (non-hydrogen) atoms. The molecule has 1 fully saturated rings. The molecule has 5 heteroatoms. The van der Waals surface area contributed by atoms with Gasteiger partial charge in [-0.2, -0.15) is 0 Å². The van der Waals surface area contributed by atoms with E-state index in [1.165, 1.54) is 5.56 Å². The van der Waals surface area contributed by atoms with Gasteiger partial charge in [0.2, 0.25) is 5.91 Å². The number of rotatable bonds is 4. The summed E-state index contributed by atoms with van der Waals surface area (Å²) in [6.45, 7) is 9.16. The molecule has 3 rings (SSSR count). The molecule has 1 aliphatic heterocycles. The smallest absolute Gasteiger partial charge is 0.238 e. The van der Waals surface area contributed by atoms with Crippen LogP contribution in [-0.2, 0) is 4.79 Å². The number of benzene rings is 2. The zero-order valence-electron chi connectivity index (χ0n) is 15.7. The second-order valence-electron chi connectivity index (χ2n) is 7.02. The lowest BCUT2D eigenvalue weighted by Crippen LogP contribution is -2.49. The molecule has 1 amide bonds. The van der Waals surface area contributed by atoms with Gasteiger partial charge in [0.25, 0.3) is 0 Å². The fraction of sp³-hybridized carbons (Fsp3) is 0.381. The van der Waals surface area contributed by atoms with Gasteiger partial charge in [-0.15, -0.1) is 0 Å². The fourth-order valence-electron chi connectivity index (χ4n) is 3.25. The van der Waals surface area contributed by atoms with Gasteiger partial charge >= 0.3 is 0 Å². The molecule has 0 atom stereocenters. The van der Waals surface area contributed by atoms with E-state index < -0.39 is 0 Å². The van der Waals surface area contributed by atoms with Gasteiger partial charge in [-0.1, -0.05) is 18.2 Å². The van der Waals surface area contributed by atoms with Crippen molar-refractivity contribution in [3.63, 3.8) is 0 Å². The number of anilines is 2. The molecular weight excluding hydrogens is 329 g/mol. The summed E-state index contributed by atoms with van der Waals surface area (Å²) in [6, 6.07) is 11.4. The first-order valence-electron chi connectivity index (χ1n) is 9.03. The molecule has 0 unspecified atom stereocenters. The molecular formula is C21H26FN3O. The van der Waals surface area contributed by atoms with E-state index in [0.717, 1.165) is 37.4 Å². The summed E-state index contributed by atoms with van der Waals surface area (Å²) in [5, 5.41) is 2.96. The Morgan fingerprint density at radius 1 is 1.00 bits per heavy atom. The number of carbonyl (C=O) groups is 1. The molecule has 0 aliphatic carbocycles. The van der Waals surface area contributed by atoms with E-state index in [1.807, 2.05) is 37.3 Å². The molecule has 0 saturated carbocycles. The Morgan fingerprint density at radius 3 is 2.42 bits per heavy atom. The van der Waals surface area contributed by atoms with Crippen LogP contribution in [0.1, 0.15) is 16.7 Å². The predicted molar refractivity (Wildman–Crippen MR) is 104 cm³/mol. The number of nitrogens with zero attached hydrogens (tertiary/aromatic N) is 2. The van der Waals surface area contributed by atoms with Crippen molar-refractivity contribution in [3.8, 4) is 0 Å². The summed E-state index contributed by atoms with van der Waals surface area (Å²) < 4.78 is 14.3. The third-order valence-corrected chi connectivity index (χ3v) is 5.04. The van der Waals surface area contributed by atoms with Gasteiger partial charge < -0.3 is 10.2 Å². The second-order valence-corrected chi connectivity index (χ2v) is 7.02. The van der Waals surface area contributed by atoms with Crippen molar-refractivity contribution in [2.24, 2.45) is 0 Å². The Labute approximate surface area is 154 Å². The van der Waals surface area contributed by atoms with Crippen molar-refractivity contribution in [2.45, 2.75) is 20.8 Å². The molecule has 0 bridgehead atoms. The maximum absolute atomic E-state index is 14.3. The minimum atomic E-state index is -0.145. The number of halogens is 1. The Bertz CT molecular complexity index is 798. The number of carbonyl (C=O) groups excluding carboxylic acids is 1. The molecule has 138 valence electrons. The highest BCUT2D eigenvalue weighted by atomic mass is 19.1. The standard InChI is InChI=1S/C21H26FN3O/c1-15-7-8-18(13-17(15)3)23-20(26)14-24-9-11-25(12-10-24)19-6-4-5-16(2)21(19)22/h4-8,13H,9-12,14H2,1-3H3,(H,23,26). The van der Waals surface area contributed by atoms with Gasteiger partial charge in [-0.25, -0.2) is 4.39 Å². The maximum Gasteiger partial charge on any atom is 0.238 e. The molecule has 0 radical (unpaired) electrons. The van der Waals surface area contributed by atoms with E-state index in [-0.39, 0.29) is 11.7 Å². The van der Waals surface area contributed by atoms with Gasteiger partial charge in [-0.3, -0.25) is 9.69 Å². The average Bonchev–Trinajstić information content (AvgIpc) is 2.61. The highest BCUT2D eigenvalue weighted by molar-refractivity contribution is 5.92. The van der Waals surface area contributed by atoms with Crippen LogP contribution in [0.3, 0.4) is 0 Å². The minimum Gasteiger partial charge on any atom is -0.367 e. The molecule has 4 nitrogen and oxygen atoms in total. The molecule has 0 aromatic heterocycles. The van der Waals surface area contributed by atoms with Gasteiger partial charge in [0, 0.05) is 31.9 Å². The monoisotopic (exact) mass is 355 g/mol. The van der Waals surface area contributed by atoms with Crippen molar-refractivity contribution in [1.29, 1.82) is 0 Å². The van der Waals surface area contributed by atoms with E-state index in [1.54, 1.807) is 13.0 Å². The second kappa shape index (κ2) is 7.87. The molecule has 2 aromatic carbocycles. The van der Waals surface area contributed by atoms with Gasteiger partial charge in [0.15, 0.2) is 0 Å². The van der Waals surface area contributed by atoms with Crippen molar-refractivity contribution >= 4 is 17.3 Å². The van der Waals surface area contributed by atoms with E-state index in [4.69, 9.17) is 0 Å². The number of aryl methyl sites for hydroxylation is 3. The molecule has 2 aromatic rings. The molecule has 1 heterocycles. The third-order valence-electron chi connectivity index (χ3n) is 5.04. The average molecular weight is 355 g/mol. The first kappa shape index (κ1) is 18.4. The highest BCUT2D eigenvalue weighted by Crippen LogP contribution is 2.23. The van der Waals surface area contributed by atoms with E-state index in [2.05, 4.69) is 22.0 Å². The topological polar surface area (TPSA) is 35.6 Å². The van der Waals surface area contributed by atoms with Gasteiger partial charge in [0.1, 0.15) is 5.82 Å². The van der Waals surface area contributed by atoms with E-state index in [0.29, 0.717) is 17.8 Å². The first-order chi connectivity index (χ1) is 12.4. The van der Waals surface area contributed by atoms with E-state index >= 15 is 0 Å². The van der Waals surface area contributed by atoms with Gasteiger partial charge in [0.05, 0.1) is 12.2 Å². The fourth-order valence-corrected chi connectivity index (χ4v) is 3.25. The van der Waals surface area contributed by atoms with Crippen LogP contribution in [-0.4, -0.2) is 43.5 Å². The SMILES string of the molecule is Cc1ccc(NC(=O)CN2CCN(c3cccc(C)c3F)CC2)cc1C. The van der Waals surface area contributed by atoms with E-state index in [9.17, 15) is 9.18 Å². The lowest BCUT2D eigenvalue weighted by atomic mass is 10.1. The maximum atomic E-state index is 14.3. The van der Waals surface area contributed by atoms with Crippen molar-refractivity contribution < 1.29 is 9.18 Å². The van der Waals surface area contributed by atoms with Crippen molar-refractivity contribution in [1.82, 2.24) is 4.90 Å². The number of hydrogen-bond donors (Lipinski definition) is 1. The van der Waals surface area contributed by atoms with Crippen LogP contribution in [0.4, 0.5) is 15.8 Å².